The van der Waals surface area contributed by atoms with E-state index in [1.54, 1.807) is 16.3 Å². The summed E-state index contributed by atoms with van der Waals surface area (Å²) in [7, 11) is 0. The summed E-state index contributed by atoms with van der Waals surface area (Å²) in [6.07, 6.45) is 1.73. The van der Waals surface area contributed by atoms with Gasteiger partial charge < -0.3 is 5.11 Å². The highest BCUT2D eigenvalue weighted by Gasteiger charge is 2.04. The lowest BCUT2D eigenvalue weighted by Gasteiger charge is -1.81. The fourth-order valence-electron chi connectivity index (χ4n) is 0.508. The first-order valence-electron chi connectivity index (χ1n) is 2.42. The third-order valence-corrected chi connectivity index (χ3v) is 1.52. The Morgan fingerprint density at radius 1 is 1.78 bits per heavy atom. The van der Waals surface area contributed by atoms with Crippen LogP contribution in [0.25, 0.3) is 0 Å². The lowest BCUT2D eigenvalue weighted by atomic mass is 10.6. The van der Waals surface area contributed by atoms with Gasteiger partial charge in [0.05, 0.1) is 5.38 Å². The van der Waals surface area contributed by atoms with Gasteiger partial charge in [-0.25, -0.2) is 4.79 Å². The van der Waals surface area contributed by atoms with Crippen molar-refractivity contribution >= 4 is 17.3 Å². The Bertz CT molecular complexity index is 195. The number of rotatable bonds is 2. The van der Waals surface area contributed by atoms with E-state index in [1.165, 1.54) is 11.3 Å². The first kappa shape index (κ1) is 6.22. The molecular weight excluding hydrogens is 138 g/mol. The van der Waals surface area contributed by atoms with Gasteiger partial charge in [0.15, 0.2) is 6.20 Å². The van der Waals surface area contributed by atoms with E-state index in [-0.39, 0.29) is 6.54 Å². The highest BCUT2D eigenvalue weighted by molar-refractivity contribution is 7.07. The Balaban J connectivity index is 2.58. The topological polar surface area (TPSA) is 41.2 Å². The summed E-state index contributed by atoms with van der Waals surface area (Å²) in [5.74, 6) is -0.807. The molecule has 0 unspecified atom stereocenters. The van der Waals surface area contributed by atoms with Crippen LogP contribution in [0.5, 0.6) is 0 Å². The molecule has 1 aromatic heterocycles. The van der Waals surface area contributed by atoms with Gasteiger partial charge in [-0.1, -0.05) is 11.3 Å². The van der Waals surface area contributed by atoms with E-state index in [0.29, 0.717) is 0 Å². The molecule has 0 atom stereocenters. The average molecular weight is 144 g/mol. The highest BCUT2D eigenvalue weighted by Crippen LogP contribution is 1.86. The van der Waals surface area contributed by atoms with Crippen molar-refractivity contribution in [3.63, 3.8) is 0 Å². The van der Waals surface area contributed by atoms with Crippen LogP contribution in [0, 0.1) is 0 Å². The minimum Gasteiger partial charge on any atom is -0.477 e. The lowest BCUT2D eigenvalue weighted by molar-refractivity contribution is -0.681. The summed E-state index contributed by atoms with van der Waals surface area (Å²) < 4.78 is 1.62. The SMILES string of the molecule is O=C(O)C[n+]1ccsc1. The molecule has 1 heterocycles. The maximum absolute atomic E-state index is 10.1. The number of hydrogen-bond acceptors (Lipinski definition) is 2. The van der Waals surface area contributed by atoms with Crippen molar-refractivity contribution in [3.8, 4) is 0 Å². The fraction of sp³-hybridized carbons (Fsp3) is 0.200. The zero-order valence-corrected chi connectivity index (χ0v) is 5.47. The van der Waals surface area contributed by atoms with Gasteiger partial charge in [0.1, 0.15) is 0 Å². The second-order valence-corrected chi connectivity index (χ2v) is 2.35. The van der Waals surface area contributed by atoms with Crippen molar-refractivity contribution in [2.45, 2.75) is 6.54 Å². The van der Waals surface area contributed by atoms with Gasteiger partial charge >= 0.3 is 5.97 Å². The second-order valence-electron chi connectivity index (χ2n) is 1.59. The molecule has 0 spiro atoms. The summed E-state index contributed by atoms with van der Waals surface area (Å²) in [4.78, 5) is 10.1. The van der Waals surface area contributed by atoms with Crippen molar-refractivity contribution in [1.29, 1.82) is 0 Å². The number of carboxylic acid groups (broad SMARTS) is 1. The van der Waals surface area contributed by atoms with E-state index >= 15 is 0 Å². The van der Waals surface area contributed by atoms with Crippen LogP contribution in [-0.2, 0) is 11.3 Å². The minimum atomic E-state index is -0.807. The molecule has 1 rings (SSSR count). The van der Waals surface area contributed by atoms with Crippen molar-refractivity contribution in [2.24, 2.45) is 0 Å². The maximum Gasteiger partial charge on any atom is 0.370 e. The third kappa shape index (κ3) is 1.81. The summed E-state index contributed by atoms with van der Waals surface area (Å²) in [5.41, 5.74) is 1.76. The van der Waals surface area contributed by atoms with Gasteiger partial charge in [-0.05, 0) is 0 Å². The molecule has 1 aromatic rings. The number of carbonyl (C=O) groups is 1. The van der Waals surface area contributed by atoms with Crippen molar-refractivity contribution < 1.29 is 14.5 Å². The van der Waals surface area contributed by atoms with E-state index in [0.717, 1.165) is 0 Å². The minimum absolute atomic E-state index is 0.0590. The lowest BCUT2D eigenvalue weighted by Crippen LogP contribution is -2.34. The molecular formula is C5H6NO2S+. The molecule has 0 saturated carbocycles. The monoisotopic (exact) mass is 144 g/mol. The van der Waals surface area contributed by atoms with E-state index < -0.39 is 5.97 Å². The molecule has 0 aromatic carbocycles. The molecule has 0 aliphatic carbocycles. The van der Waals surface area contributed by atoms with Crippen LogP contribution in [0.2, 0.25) is 0 Å². The third-order valence-electron chi connectivity index (χ3n) is 0.845. The summed E-state index contributed by atoms with van der Waals surface area (Å²) in [6.45, 7) is 0.0590. The first-order valence-corrected chi connectivity index (χ1v) is 3.36. The molecule has 0 saturated heterocycles. The predicted molar refractivity (Wildman–Crippen MR) is 32.1 cm³/mol. The normalized spacial score (nSPS) is 9.33. The molecule has 3 nitrogen and oxygen atoms in total. The molecule has 0 fully saturated rings. The Morgan fingerprint density at radius 2 is 2.56 bits per heavy atom. The summed E-state index contributed by atoms with van der Waals surface area (Å²) in [6, 6.07) is 0. The molecule has 0 amide bonds. The molecule has 48 valence electrons. The standard InChI is InChI=1S/C5H5NO2S/c7-5(8)3-6-1-2-9-4-6/h1-2,4H,3H2/p+1. The number of nitrogens with zero attached hydrogens (tertiary/aromatic N) is 1. The van der Waals surface area contributed by atoms with Gasteiger partial charge in [-0.15, -0.1) is 0 Å². The van der Waals surface area contributed by atoms with Gasteiger partial charge in [0.2, 0.25) is 12.1 Å². The van der Waals surface area contributed by atoms with E-state index in [4.69, 9.17) is 5.11 Å². The van der Waals surface area contributed by atoms with Gasteiger partial charge in [0, 0.05) is 0 Å². The van der Waals surface area contributed by atoms with Crippen LogP contribution in [0.15, 0.2) is 17.1 Å². The van der Waals surface area contributed by atoms with Gasteiger partial charge in [0.25, 0.3) is 0 Å². The number of aliphatic carboxylic acids is 1. The van der Waals surface area contributed by atoms with Crippen LogP contribution < -0.4 is 4.57 Å². The van der Waals surface area contributed by atoms with Crippen molar-refractivity contribution in [2.75, 3.05) is 0 Å². The van der Waals surface area contributed by atoms with Gasteiger partial charge in [-0.2, -0.15) is 4.57 Å². The number of carboxylic acids is 1. The second kappa shape index (κ2) is 2.59. The highest BCUT2D eigenvalue weighted by atomic mass is 32.1. The van der Waals surface area contributed by atoms with Crippen molar-refractivity contribution in [1.82, 2.24) is 0 Å². The molecule has 0 radical (unpaired) electrons. The van der Waals surface area contributed by atoms with Crippen LogP contribution in [0.3, 0.4) is 0 Å². The van der Waals surface area contributed by atoms with Crippen LogP contribution in [-0.4, -0.2) is 11.1 Å². The van der Waals surface area contributed by atoms with E-state index in [9.17, 15) is 4.79 Å². The Labute approximate surface area is 56.2 Å². The zero-order chi connectivity index (χ0) is 6.69. The Morgan fingerprint density at radius 3 is 3.00 bits per heavy atom. The van der Waals surface area contributed by atoms with E-state index in [1.807, 2.05) is 5.38 Å². The predicted octanol–water partition coefficient (Wildman–Crippen LogP) is 0.120. The van der Waals surface area contributed by atoms with Gasteiger partial charge in [-0.3, -0.25) is 0 Å². The van der Waals surface area contributed by atoms with Crippen LogP contribution in [0.1, 0.15) is 0 Å². The smallest absolute Gasteiger partial charge is 0.370 e. The average Bonchev–Trinajstić information content (AvgIpc) is 2.15. The quantitative estimate of drug-likeness (QED) is 0.599. The number of hydrogen-bond donors (Lipinski definition) is 1. The summed E-state index contributed by atoms with van der Waals surface area (Å²) in [5, 5.41) is 10.1. The maximum atomic E-state index is 10.1. The number of aromatic nitrogens is 1. The molecule has 0 aliphatic heterocycles. The molecule has 4 heteroatoms. The Hall–Kier alpha value is -0.900. The van der Waals surface area contributed by atoms with E-state index in [2.05, 4.69) is 0 Å². The molecule has 9 heavy (non-hydrogen) atoms. The summed E-state index contributed by atoms with van der Waals surface area (Å²) >= 11 is 1.48. The Kier molecular flexibility index (Phi) is 1.79. The largest absolute Gasteiger partial charge is 0.477 e. The van der Waals surface area contributed by atoms with Crippen LogP contribution in [0.4, 0.5) is 0 Å². The van der Waals surface area contributed by atoms with Crippen molar-refractivity contribution in [3.05, 3.63) is 17.1 Å². The first-order chi connectivity index (χ1) is 4.29. The fourth-order valence-corrected chi connectivity index (χ4v) is 1.11. The number of thiazole rings is 1. The molecule has 1 N–H and O–H groups in total. The molecule has 0 bridgehead atoms. The van der Waals surface area contributed by atoms with Crippen LogP contribution >= 0.6 is 11.3 Å². The zero-order valence-electron chi connectivity index (χ0n) is 4.65. The molecule has 0 aliphatic rings.